The highest BCUT2D eigenvalue weighted by Crippen LogP contribution is 2.40. The maximum absolute atomic E-state index is 11.0. The van der Waals surface area contributed by atoms with Crippen molar-refractivity contribution in [3.8, 4) is 0 Å². The first kappa shape index (κ1) is 29.7. The average Bonchev–Trinajstić information content (AvgIpc) is 2.76. The van der Waals surface area contributed by atoms with E-state index in [0.29, 0.717) is 11.8 Å². The van der Waals surface area contributed by atoms with Gasteiger partial charge in [0.1, 0.15) is 0 Å². The van der Waals surface area contributed by atoms with Gasteiger partial charge in [-0.1, -0.05) is 66.9 Å². The molecular formula is C32H54O. The maximum atomic E-state index is 11.0. The maximum Gasteiger partial charge on any atom is 0.0625 e. The van der Waals surface area contributed by atoms with Crippen molar-refractivity contribution in [2.45, 2.75) is 133 Å². The molecular weight excluding hydrogens is 400 g/mol. The van der Waals surface area contributed by atoms with Crippen LogP contribution in [-0.4, -0.2) is 10.7 Å². The van der Waals surface area contributed by atoms with Gasteiger partial charge in [-0.3, -0.25) is 0 Å². The molecule has 3 atom stereocenters. The van der Waals surface area contributed by atoms with Crippen molar-refractivity contribution in [3.63, 3.8) is 0 Å². The quantitative estimate of drug-likeness (QED) is 0.274. The van der Waals surface area contributed by atoms with Crippen molar-refractivity contribution in [1.82, 2.24) is 0 Å². The van der Waals surface area contributed by atoms with E-state index < -0.39 is 5.60 Å². The van der Waals surface area contributed by atoms with Crippen LogP contribution in [0, 0.1) is 11.8 Å². The van der Waals surface area contributed by atoms with E-state index in [-0.39, 0.29) is 0 Å². The lowest BCUT2D eigenvalue weighted by atomic mass is 9.73. The second kappa shape index (κ2) is 14.1. The van der Waals surface area contributed by atoms with E-state index in [4.69, 9.17) is 0 Å². The Morgan fingerprint density at radius 3 is 1.82 bits per heavy atom. The summed E-state index contributed by atoms with van der Waals surface area (Å²) in [5.74, 6) is 1.23. The van der Waals surface area contributed by atoms with Crippen molar-refractivity contribution in [1.29, 1.82) is 0 Å². The summed E-state index contributed by atoms with van der Waals surface area (Å²) in [6.07, 6.45) is 16.5. The zero-order valence-corrected chi connectivity index (χ0v) is 23.7. The molecule has 1 nitrogen and oxygen atoms in total. The Kier molecular flexibility index (Phi) is 12.7. The third kappa shape index (κ3) is 10.2. The molecule has 0 saturated heterocycles. The van der Waals surface area contributed by atoms with E-state index in [1.165, 1.54) is 45.4 Å². The van der Waals surface area contributed by atoms with E-state index in [1.54, 1.807) is 0 Å². The standard InChI is InChI=1S/C32H54O/c1-11-23(2)15-12-16-24(3)17-13-18-25(4)19-14-21-32(10,33)22-20-31-29(8)27(6)26(5)28(7)30(31)9/h15,17,19,26-27,33H,11-14,16,18,20-22H2,1-10H3/b23-15+,24-17+,25-19+. The van der Waals surface area contributed by atoms with Gasteiger partial charge in [0.05, 0.1) is 5.60 Å². The molecule has 0 aromatic carbocycles. The van der Waals surface area contributed by atoms with Gasteiger partial charge in [-0.2, -0.15) is 0 Å². The number of allylic oxidation sites excluding steroid dienone is 10. The van der Waals surface area contributed by atoms with Gasteiger partial charge in [0, 0.05) is 0 Å². The van der Waals surface area contributed by atoms with Crippen molar-refractivity contribution >= 4 is 0 Å². The predicted octanol–water partition coefficient (Wildman–Crippen LogP) is 10.0. The highest BCUT2D eigenvalue weighted by Gasteiger charge is 2.27. The number of hydrogen-bond donors (Lipinski definition) is 1. The summed E-state index contributed by atoms with van der Waals surface area (Å²) < 4.78 is 0. The molecule has 0 radical (unpaired) electrons. The van der Waals surface area contributed by atoms with Crippen molar-refractivity contribution in [2.75, 3.05) is 0 Å². The van der Waals surface area contributed by atoms with Gasteiger partial charge in [-0.15, -0.1) is 0 Å². The van der Waals surface area contributed by atoms with E-state index in [1.807, 2.05) is 6.92 Å². The summed E-state index contributed by atoms with van der Waals surface area (Å²) in [5, 5.41) is 11.0. The third-order valence-electron chi connectivity index (χ3n) is 8.35. The number of aliphatic hydroxyl groups is 1. The van der Waals surface area contributed by atoms with Crippen LogP contribution < -0.4 is 0 Å². The molecule has 0 aliphatic heterocycles. The van der Waals surface area contributed by atoms with Gasteiger partial charge in [-0.25, -0.2) is 0 Å². The van der Waals surface area contributed by atoms with Crippen LogP contribution in [0.15, 0.2) is 57.2 Å². The molecule has 33 heavy (non-hydrogen) atoms. The molecule has 0 aromatic rings. The summed E-state index contributed by atoms with van der Waals surface area (Å²) in [4.78, 5) is 0. The first-order chi connectivity index (χ1) is 15.4. The van der Waals surface area contributed by atoms with Crippen LogP contribution in [0.2, 0.25) is 0 Å². The van der Waals surface area contributed by atoms with E-state index in [9.17, 15) is 5.11 Å². The fraction of sp³-hybridized carbons (Fsp3) is 0.688. The molecule has 1 heteroatoms. The van der Waals surface area contributed by atoms with Crippen LogP contribution in [0.3, 0.4) is 0 Å². The minimum absolute atomic E-state index is 0.605. The van der Waals surface area contributed by atoms with Crippen LogP contribution in [0.4, 0.5) is 0 Å². The molecule has 0 amide bonds. The van der Waals surface area contributed by atoms with Crippen LogP contribution in [0.25, 0.3) is 0 Å². The Labute approximate surface area is 206 Å². The average molecular weight is 455 g/mol. The highest BCUT2D eigenvalue weighted by molar-refractivity contribution is 5.42. The summed E-state index contributed by atoms with van der Waals surface area (Å²) in [6.45, 7) is 22.5. The Bertz CT molecular complexity index is 781. The molecule has 0 spiro atoms. The molecule has 0 bridgehead atoms. The molecule has 3 unspecified atom stereocenters. The van der Waals surface area contributed by atoms with Crippen LogP contribution >= 0.6 is 0 Å². The van der Waals surface area contributed by atoms with Gasteiger partial charge in [0.15, 0.2) is 0 Å². The van der Waals surface area contributed by atoms with Gasteiger partial charge in [-0.05, 0) is 129 Å². The topological polar surface area (TPSA) is 20.2 Å². The van der Waals surface area contributed by atoms with Crippen LogP contribution in [-0.2, 0) is 0 Å². The zero-order chi connectivity index (χ0) is 25.2. The summed E-state index contributed by atoms with van der Waals surface area (Å²) in [5.41, 5.74) is 9.84. The highest BCUT2D eigenvalue weighted by atomic mass is 16.3. The van der Waals surface area contributed by atoms with Crippen LogP contribution in [0.1, 0.15) is 127 Å². The lowest BCUT2D eigenvalue weighted by Gasteiger charge is -2.33. The second-order valence-electron chi connectivity index (χ2n) is 11.2. The van der Waals surface area contributed by atoms with Gasteiger partial charge in [0.25, 0.3) is 0 Å². The molecule has 1 aliphatic carbocycles. The molecule has 0 aromatic heterocycles. The summed E-state index contributed by atoms with van der Waals surface area (Å²) in [7, 11) is 0. The Balaban J connectivity index is 2.47. The Morgan fingerprint density at radius 1 is 0.788 bits per heavy atom. The van der Waals surface area contributed by atoms with Gasteiger partial charge < -0.3 is 5.11 Å². The number of rotatable bonds is 13. The van der Waals surface area contributed by atoms with Gasteiger partial charge >= 0.3 is 0 Å². The number of hydrogen-bond acceptors (Lipinski definition) is 1. The van der Waals surface area contributed by atoms with Gasteiger partial charge in [0.2, 0.25) is 0 Å². The molecule has 1 aliphatic rings. The first-order valence-electron chi connectivity index (χ1n) is 13.5. The minimum atomic E-state index is -0.606. The summed E-state index contributed by atoms with van der Waals surface area (Å²) in [6, 6.07) is 0. The molecule has 1 N–H and O–H groups in total. The lowest BCUT2D eigenvalue weighted by molar-refractivity contribution is 0.0432. The minimum Gasteiger partial charge on any atom is -0.390 e. The molecule has 188 valence electrons. The first-order valence-corrected chi connectivity index (χ1v) is 13.5. The Hall–Kier alpha value is -1.34. The predicted molar refractivity (Wildman–Crippen MR) is 149 cm³/mol. The molecule has 1 rings (SSSR count). The van der Waals surface area contributed by atoms with Crippen molar-refractivity contribution in [3.05, 3.63) is 57.2 Å². The lowest BCUT2D eigenvalue weighted by Crippen LogP contribution is -2.25. The third-order valence-corrected chi connectivity index (χ3v) is 8.35. The van der Waals surface area contributed by atoms with E-state index in [2.05, 4.69) is 80.5 Å². The van der Waals surface area contributed by atoms with E-state index >= 15 is 0 Å². The molecule has 0 fully saturated rings. The SMILES string of the molecule is CC/C(C)=C/CC/C(C)=C/CC/C(C)=C/CCC(C)(O)CCC1=C(C)C(C)C(C)C(C)=C1C. The monoisotopic (exact) mass is 454 g/mol. The van der Waals surface area contributed by atoms with Crippen molar-refractivity contribution < 1.29 is 5.11 Å². The second-order valence-corrected chi connectivity index (χ2v) is 11.2. The van der Waals surface area contributed by atoms with Crippen molar-refractivity contribution in [2.24, 2.45) is 11.8 Å². The fourth-order valence-electron chi connectivity index (χ4n) is 4.87. The van der Waals surface area contributed by atoms with Crippen LogP contribution in [0.5, 0.6) is 0 Å². The zero-order valence-electron chi connectivity index (χ0n) is 23.7. The normalized spacial score (nSPS) is 22.8. The fourth-order valence-corrected chi connectivity index (χ4v) is 4.87. The Morgan fingerprint density at radius 2 is 1.27 bits per heavy atom. The smallest absolute Gasteiger partial charge is 0.0625 e. The largest absolute Gasteiger partial charge is 0.390 e. The van der Waals surface area contributed by atoms with E-state index in [0.717, 1.165) is 51.4 Å². The molecule has 0 saturated carbocycles. The summed E-state index contributed by atoms with van der Waals surface area (Å²) >= 11 is 0. The molecule has 0 heterocycles.